The number of carbonyl (C=O) groups excluding carboxylic acids is 1. The predicted molar refractivity (Wildman–Crippen MR) is 104 cm³/mol. The molecule has 3 rings (SSSR count). The van der Waals surface area contributed by atoms with Crippen molar-refractivity contribution in [3.8, 4) is 0 Å². The second kappa shape index (κ2) is 7.61. The van der Waals surface area contributed by atoms with Crippen molar-refractivity contribution in [1.29, 1.82) is 0 Å². The van der Waals surface area contributed by atoms with E-state index in [1.807, 2.05) is 32.6 Å². The highest BCUT2D eigenvalue weighted by atomic mass is 16.6. The molecule has 1 atom stereocenters. The molecule has 3 fully saturated rings. The van der Waals surface area contributed by atoms with Gasteiger partial charge in [0.25, 0.3) is 0 Å². The van der Waals surface area contributed by atoms with Gasteiger partial charge >= 0.3 is 12.1 Å². The third kappa shape index (κ3) is 4.76. The Kier molecular flexibility index (Phi) is 5.76. The van der Waals surface area contributed by atoms with Crippen molar-refractivity contribution in [2.75, 3.05) is 26.2 Å². The van der Waals surface area contributed by atoms with Crippen molar-refractivity contribution in [2.24, 2.45) is 17.3 Å². The molecule has 0 spiro atoms. The zero-order valence-electron chi connectivity index (χ0n) is 17.4. The van der Waals surface area contributed by atoms with Gasteiger partial charge in [-0.3, -0.25) is 4.79 Å². The molecule has 1 amide bonds. The van der Waals surface area contributed by atoms with E-state index in [-0.39, 0.29) is 6.09 Å². The Bertz CT molecular complexity index is 557. The second-order valence-corrected chi connectivity index (χ2v) is 10.1. The number of carbonyl (C=O) groups is 2. The molecule has 1 unspecified atom stereocenters. The highest BCUT2D eigenvalue weighted by Gasteiger charge is 2.49. The molecular weight excluding hydrogens is 344 g/mol. The summed E-state index contributed by atoms with van der Waals surface area (Å²) in [5.41, 5.74) is -0.957. The van der Waals surface area contributed by atoms with E-state index < -0.39 is 17.0 Å². The van der Waals surface area contributed by atoms with Crippen molar-refractivity contribution in [2.45, 2.75) is 77.9 Å². The standard InChI is InChI=1S/C21H36N2O4/c1-20(2,3)27-19(26)22-10-7-15(8-11-22)16-6-5-9-23(14-16)17-12-21(4,13-17)18(24)25/h15-17H,5-14H2,1-4H3,(H,24,25). The van der Waals surface area contributed by atoms with Crippen LogP contribution in [0.15, 0.2) is 0 Å². The minimum absolute atomic E-state index is 0.186. The Morgan fingerprint density at radius 2 is 1.67 bits per heavy atom. The zero-order valence-corrected chi connectivity index (χ0v) is 17.4. The number of amides is 1. The molecule has 27 heavy (non-hydrogen) atoms. The third-order valence-electron chi connectivity index (χ3n) is 6.75. The molecule has 0 radical (unpaired) electrons. The average Bonchev–Trinajstić information content (AvgIpc) is 2.57. The minimum Gasteiger partial charge on any atom is -0.481 e. The monoisotopic (exact) mass is 380 g/mol. The van der Waals surface area contributed by atoms with Crippen LogP contribution in [0.2, 0.25) is 0 Å². The van der Waals surface area contributed by atoms with Gasteiger partial charge in [0.05, 0.1) is 5.41 Å². The molecule has 1 saturated carbocycles. The first-order valence-corrected chi connectivity index (χ1v) is 10.5. The summed E-state index contributed by atoms with van der Waals surface area (Å²) in [6.07, 6.45) is 5.95. The van der Waals surface area contributed by atoms with E-state index in [0.717, 1.165) is 51.9 Å². The van der Waals surface area contributed by atoms with Crippen molar-refractivity contribution < 1.29 is 19.4 Å². The van der Waals surface area contributed by atoms with Gasteiger partial charge < -0.3 is 19.6 Å². The van der Waals surface area contributed by atoms with E-state index in [1.165, 1.54) is 12.8 Å². The summed E-state index contributed by atoms with van der Waals surface area (Å²) in [6.45, 7) is 11.4. The zero-order chi connectivity index (χ0) is 19.8. The number of hydrogen-bond donors (Lipinski definition) is 1. The van der Waals surface area contributed by atoms with Gasteiger partial charge in [-0.1, -0.05) is 0 Å². The van der Waals surface area contributed by atoms with Crippen molar-refractivity contribution in [1.82, 2.24) is 9.80 Å². The predicted octanol–water partition coefficient (Wildman–Crippen LogP) is 3.60. The Labute approximate surface area is 163 Å². The van der Waals surface area contributed by atoms with Crippen LogP contribution >= 0.6 is 0 Å². The van der Waals surface area contributed by atoms with Gasteiger partial charge in [0.1, 0.15) is 5.60 Å². The second-order valence-electron chi connectivity index (χ2n) is 10.1. The molecule has 2 heterocycles. The molecular formula is C21H36N2O4. The summed E-state index contributed by atoms with van der Waals surface area (Å²) in [4.78, 5) is 28.0. The highest BCUT2D eigenvalue weighted by molar-refractivity contribution is 5.75. The van der Waals surface area contributed by atoms with Gasteiger partial charge in [-0.05, 0) is 84.6 Å². The SMILES string of the molecule is CC(C)(C)OC(=O)N1CCC(C2CCCN(C3CC(C)(C(=O)O)C3)C2)CC1. The van der Waals surface area contributed by atoms with Crippen LogP contribution < -0.4 is 0 Å². The Morgan fingerprint density at radius 1 is 1.04 bits per heavy atom. The summed E-state index contributed by atoms with van der Waals surface area (Å²) >= 11 is 0. The molecule has 6 nitrogen and oxygen atoms in total. The van der Waals surface area contributed by atoms with E-state index in [2.05, 4.69) is 4.90 Å². The largest absolute Gasteiger partial charge is 0.481 e. The number of rotatable bonds is 3. The molecule has 2 saturated heterocycles. The van der Waals surface area contributed by atoms with Crippen LogP contribution in [0.4, 0.5) is 4.79 Å². The van der Waals surface area contributed by atoms with Gasteiger partial charge in [-0.2, -0.15) is 0 Å². The summed E-state index contributed by atoms with van der Waals surface area (Å²) in [5.74, 6) is 0.690. The van der Waals surface area contributed by atoms with E-state index in [4.69, 9.17) is 4.74 Å². The lowest BCUT2D eigenvalue weighted by atomic mass is 9.65. The van der Waals surface area contributed by atoms with Crippen LogP contribution in [0.1, 0.15) is 66.2 Å². The molecule has 1 aliphatic carbocycles. The fourth-order valence-corrected chi connectivity index (χ4v) is 5.05. The van der Waals surface area contributed by atoms with Crippen molar-refractivity contribution in [3.05, 3.63) is 0 Å². The number of piperidine rings is 2. The van der Waals surface area contributed by atoms with Crippen LogP contribution in [0, 0.1) is 17.3 Å². The summed E-state index contributed by atoms with van der Waals surface area (Å²) < 4.78 is 5.50. The number of likely N-dealkylation sites (tertiary alicyclic amines) is 2. The van der Waals surface area contributed by atoms with Gasteiger partial charge in [-0.25, -0.2) is 4.79 Å². The molecule has 6 heteroatoms. The molecule has 0 aromatic heterocycles. The number of nitrogens with zero attached hydrogens (tertiary/aromatic N) is 2. The Hall–Kier alpha value is -1.30. The topological polar surface area (TPSA) is 70.1 Å². The fraction of sp³-hybridized carbons (Fsp3) is 0.905. The molecule has 154 valence electrons. The molecule has 0 aromatic rings. The number of aliphatic carboxylic acids is 1. The Morgan fingerprint density at radius 3 is 2.22 bits per heavy atom. The minimum atomic E-state index is -0.651. The van der Waals surface area contributed by atoms with Crippen LogP contribution in [-0.2, 0) is 9.53 Å². The summed E-state index contributed by atoms with van der Waals surface area (Å²) in [7, 11) is 0. The van der Waals surface area contributed by atoms with Gasteiger partial charge in [0.15, 0.2) is 0 Å². The molecule has 0 aromatic carbocycles. The average molecular weight is 381 g/mol. The number of hydrogen-bond acceptors (Lipinski definition) is 4. The quantitative estimate of drug-likeness (QED) is 0.810. The first-order chi connectivity index (χ1) is 12.6. The van der Waals surface area contributed by atoms with E-state index >= 15 is 0 Å². The third-order valence-corrected chi connectivity index (χ3v) is 6.75. The molecule has 3 aliphatic rings. The number of carboxylic acids is 1. The lowest BCUT2D eigenvalue weighted by Crippen LogP contribution is -2.56. The normalized spacial score (nSPS) is 33.4. The van der Waals surface area contributed by atoms with E-state index in [1.54, 1.807) is 0 Å². The van der Waals surface area contributed by atoms with Crippen molar-refractivity contribution >= 4 is 12.1 Å². The molecule has 1 N–H and O–H groups in total. The lowest BCUT2D eigenvalue weighted by Gasteiger charge is -2.51. The Balaban J connectivity index is 1.46. The molecule has 0 bridgehead atoms. The summed E-state index contributed by atoms with van der Waals surface area (Å²) in [5, 5.41) is 9.34. The van der Waals surface area contributed by atoms with Crippen LogP contribution in [-0.4, -0.2) is 64.8 Å². The maximum atomic E-state index is 12.2. The summed E-state index contributed by atoms with van der Waals surface area (Å²) in [6, 6.07) is 0.441. The highest BCUT2D eigenvalue weighted by Crippen LogP contribution is 2.45. The first kappa shape index (κ1) is 20.4. The smallest absolute Gasteiger partial charge is 0.410 e. The van der Waals surface area contributed by atoms with Gasteiger partial charge in [-0.15, -0.1) is 0 Å². The fourth-order valence-electron chi connectivity index (χ4n) is 5.05. The maximum Gasteiger partial charge on any atom is 0.410 e. The lowest BCUT2D eigenvalue weighted by molar-refractivity contribution is -0.158. The number of carboxylic acid groups (broad SMARTS) is 1. The van der Waals surface area contributed by atoms with Crippen LogP contribution in [0.3, 0.4) is 0 Å². The number of ether oxygens (including phenoxy) is 1. The van der Waals surface area contributed by atoms with Crippen molar-refractivity contribution in [3.63, 3.8) is 0 Å². The first-order valence-electron chi connectivity index (χ1n) is 10.5. The van der Waals surface area contributed by atoms with Gasteiger partial charge in [0, 0.05) is 25.7 Å². The van der Waals surface area contributed by atoms with Gasteiger partial charge in [0.2, 0.25) is 0 Å². The van der Waals surface area contributed by atoms with E-state index in [9.17, 15) is 14.7 Å². The van der Waals surface area contributed by atoms with E-state index in [0.29, 0.717) is 17.9 Å². The maximum absolute atomic E-state index is 12.2. The van der Waals surface area contributed by atoms with Crippen LogP contribution in [0.5, 0.6) is 0 Å². The van der Waals surface area contributed by atoms with Crippen LogP contribution in [0.25, 0.3) is 0 Å². The molecule has 2 aliphatic heterocycles.